The molecular formula is C25H38IN5O2. The highest BCUT2D eigenvalue weighted by Crippen LogP contribution is 2.23. The average molecular weight is 568 g/mol. The molecule has 182 valence electrons. The summed E-state index contributed by atoms with van der Waals surface area (Å²) in [5.41, 5.74) is 3.42. The number of ether oxygens (including phenoxy) is 2. The van der Waals surface area contributed by atoms with Gasteiger partial charge in [-0.15, -0.1) is 24.0 Å². The highest BCUT2D eigenvalue weighted by atomic mass is 127. The highest BCUT2D eigenvalue weighted by molar-refractivity contribution is 14.0. The zero-order valence-electron chi connectivity index (χ0n) is 20.3. The van der Waals surface area contributed by atoms with Crippen molar-refractivity contribution in [3.63, 3.8) is 0 Å². The number of hydrogen-bond acceptors (Lipinski definition) is 5. The molecule has 0 spiro atoms. The summed E-state index contributed by atoms with van der Waals surface area (Å²) in [5.74, 6) is 2.71. The van der Waals surface area contributed by atoms with E-state index in [0.717, 1.165) is 67.9 Å². The van der Waals surface area contributed by atoms with E-state index in [9.17, 15) is 0 Å². The van der Waals surface area contributed by atoms with Crippen LogP contribution >= 0.6 is 24.0 Å². The average Bonchev–Trinajstić information content (AvgIpc) is 2.82. The lowest BCUT2D eigenvalue weighted by Gasteiger charge is -2.29. The standard InChI is InChI=1S/C25H37N5O2.HI/c1-5-20(4)32-23-16-19(3)9-10-21(23)17-28-25(26-6-2)29-18-22-8-7-11-27-24(22)30-12-14-31-15-13-30;/h7-11,16,20H,5-6,12-15,17-18H2,1-4H3,(H2,26,28,29);1H. The minimum Gasteiger partial charge on any atom is -0.490 e. The molecule has 7 nitrogen and oxygen atoms in total. The van der Waals surface area contributed by atoms with Crippen molar-refractivity contribution in [1.29, 1.82) is 0 Å². The van der Waals surface area contributed by atoms with Gasteiger partial charge in [0.05, 0.1) is 25.9 Å². The van der Waals surface area contributed by atoms with Gasteiger partial charge in [-0.2, -0.15) is 0 Å². The number of nitrogens with one attached hydrogen (secondary N) is 2. The summed E-state index contributed by atoms with van der Waals surface area (Å²) >= 11 is 0. The molecular weight excluding hydrogens is 529 g/mol. The Morgan fingerprint density at radius 3 is 2.70 bits per heavy atom. The van der Waals surface area contributed by atoms with Crippen LogP contribution in [0.3, 0.4) is 0 Å². The largest absolute Gasteiger partial charge is 0.490 e. The molecule has 0 bridgehead atoms. The minimum atomic E-state index is 0. The van der Waals surface area contributed by atoms with Gasteiger partial charge >= 0.3 is 0 Å². The normalized spacial score (nSPS) is 14.9. The third kappa shape index (κ3) is 8.33. The van der Waals surface area contributed by atoms with Crippen LogP contribution in [0.15, 0.2) is 41.5 Å². The maximum Gasteiger partial charge on any atom is 0.191 e. The molecule has 0 aliphatic carbocycles. The summed E-state index contributed by atoms with van der Waals surface area (Å²) in [6.07, 6.45) is 3.00. The van der Waals surface area contributed by atoms with Gasteiger partial charge in [0.25, 0.3) is 0 Å². The van der Waals surface area contributed by atoms with Crippen LogP contribution in [0.2, 0.25) is 0 Å². The second-order valence-corrected chi connectivity index (χ2v) is 8.08. The van der Waals surface area contributed by atoms with E-state index in [2.05, 4.69) is 72.5 Å². The van der Waals surface area contributed by atoms with E-state index in [4.69, 9.17) is 14.5 Å². The van der Waals surface area contributed by atoms with Crippen LogP contribution in [0.5, 0.6) is 5.75 Å². The summed E-state index contributed by atoms with van der Waals surface area (Å²) in [5, 5.41) is 6.82. The number of benzene rings is 1. The van der Waals surface area contributed by atoms with Gasteiger partial charge in [-0.3, -0.25) is 0 Å². The molecule has 0 amide bonds. The lowest BCUT2D eigenvalue weighted by molar-refractivity contribution is 0.122. The number of aromatic nitrogens is 1. The van der Waals surface area contributed by atoms with Crippen molar-refractivity contribution in [2.75, 3.05) is 37.7 Å². The number of rotatable bonds is 9. The molecule has 1 atom stereocenters. The number of aliphatic imine (C=N–C) groups is 1. The fourth-order valence-corrected chi connectivity index (χ4v) is 3.52. The molecule has 8 heteroatoms. The first-order valence-electron chi connectivity index (χ1n) is 11.7. The zero-order chi connectivity index (χ0) is 22.8. The van der Waals surface area contributed by atoms with E-state index in [1.807, 2.05) is 12.3 Å². The Labute approximate surface area is 215 Å². The minimum absolute atomic E-state index is 0. The highest BCUT2D eigenvalue weighted by Gasteiger charge is 2.16. The van der Waals surface area contributed by atoms with Gasteiger partial charge in [-0.1, -0.05) is 25.1 Å². The summed E-state index contributed by atoms with van der Waals surface area (Å²) in [6.45, 7) is 13.6. The van der Waals surface area contributed by atoms with Crippen molar-refractivity contribution < 1.29 is 9.47 Å². The van der Waals surface area contributed by atoms with Crippen LogP contribution in [0.4, 0.5) is 5.82 Å². The molecule has 1 fully saturated rings. The van der Waals surface area contributed by atoms with E-state index in [0.29, 0.717) is 13.1 Å². The van der Waals surface area contributed by atoms with Crippen LogP contribution in [0.25, 0.3) is 0 Å². The van der Waals surface area contributed by atoms with Crippen LogP contribution in [0, 0.1) is 6.92 Å². The molecule has 2 N–H and O–H groups in total. The topological polar surface area (TPSA) is 71.0 Å². The Morgan fingerprint density at radius 2 is 1.97 bits per heavy atom. The number of nitrogens with zero attached hydrogens (tertiary/aromatic N) is 3. The van der Waals surface area contributed by atoms with Gasteiger partial charge in [0.2, 0.25) is 0 Å². The third-order valence-corrected chi connectivity index (χ3v) is 5.50. The second kappa shape index (κ2) is 14.2. The summed E-state index contributed by atoms with van der Waals surface area (Å²) < 4.78 is 11.6. The molecule has 1 unspecified atom stereocenters. The summed E-state index contributed by atoms with van der Waals surface area (Å²) in [4.78, 5) is 11.7. The molecule has 1 saturated heterocycles. The Hall–Kier alpha value is -2.07. The predicted octanol–water partition coefficient (Wildman–Crippen LogP) is 4.28. The van der Waals surface area contributed by atoms with Crippen molar-refractivity contribution in [3.05, 3.63) is 53.2 Å². The molecule has 1 aromatic heterocycles. The molecule has 1 aliphatic rings. The Kier molecular flexibility index (Phi) is 11.7. The van der Waals surface area contributed by atoms with Gasteiger partial charge in [-0.25, -0.2) is 9.98 Å². The first kappa shape index (κ1) is 27.2. The van der Waals surface area contributed by atoms with Crippen molar-refractivity contribution in [2.24, 2.45) is 4.99 Å². The molecule has 0 radical (unpaired) electrons. The number of anilines is 1. The Morgan fingerprint density at radius 1 is 1.18 bits per heavy atom. The SMILES string of the molecule is CCNC(=NCc1ccc(C)cc1OC(C)CC)NCc1cccnc1N1CCOCC1.I. The summed E-state index contributed by atoms with van der Waals surface area (Å²) in [7, 11) is 0. The lowest BCUT2D eigenvalue weighted by atomic mass is 10.1. The number of guanidine groups is 1. The molecule has 0 saturated carbocycles. The van der Waals surface area contributed by atoms with Crippen molar-refractivity contribution in [2.45, 2.75) is 53.3 Å². The molecule has 1 aliphatic heterocycles. The number of hydrogen-bond donors (Lipinski definition) is 2. The second-order valence-electron chi connectivity index (χ2n) is 8.08. The molecule has 2 heterocycles. The predicted molar refractivity (Wildman–Crippen MR) is 146 cm³/mol. The van der Waals surface area contributed by atoms with Crippen molar-refractivity contribution in [3.8, 4) is 5.75 Å². The number of morpholine rings is 1. The first-order valence-corrected chi connectivity index (χ1v) is 11.7. The molecule has 2 aromatic rings. The molecule has 3 rings (SSSR count). The quantitative estimate of drug-likeness (QED) is 0.268. The lowest BCUT2D eigenvalue weighted by Crippen LogP contribution is -2.39. The van der Waals surface area contributed by atoms with E-state index in [1.165, 1.54) is 5.56 Å². The van der Waals surface area contributed by atoms with Gasteiger partial charge in [0, 0.05) is 43.5 Å². The fraction of sp³-hybridized carbons (Fsp3) is 0.520. The number of aryl methyl sites for hydroxylation is 1. The van der Waals surface area contributed by atoms with Crippen LogP contribution in [-0.2, 0) is 17.8 Å². The van der Waals surface area contributed by atoms with Gasteiger partial charge in [0.1, 0.15) is 11.6 Å². The third-order valence-electron chi connectivity index (χ3n) is 5.50. The van der Waals surface area contributed by atoms with Crippen LogP contribution in [0.1, 0.15) is 43.9 Å². The fourth-order valence-electron chi connectivity index (χ4n) is 3.52. The van der Waals surface area contributed by atoms with E-state index < -0.39 is 0 Å². The van der Waals surface area contributed by atoms with Crippen LogP contribution in [-0.4, -0.2) is 49.9 Å². The van der Waals surface area contributed by atoms with Gasteiger partial charge in [-0.05, 0) is 44.9 Å². The Balaban J connectivity index is 0.00000385. The zero-order valence-corrected chi connectivity index (χ0v) is 22.6. The van der Waals surface area contributed by atoms with E-state index in [1.54, 1.807) is 0 Å². The van der Waals surface area contributed by atoms with Gasteiger partial charge < -0.3 is 25.0 Å². The number of pyridine rings is 1. The maximum absolute atomic E-state index is 6.15. The van der Waals surface area contributed by atoms with E-state index in [-0.39, 0.29) is 30.1 Å². The number of halogens is 1. The van der Waals surface area contributed by atoms with Crippen molar-refractivity contribution >= 4 is 35.8 Å². The maximum atomic E-state index is 6.15. The van der Waals surface area contributed by atoms with E-state index >= 15 is 0 Å². The Bertz CT molecular complexity index is 887. The molecule has 1 aromatic carbocycles. The van der Waals surface area contributed by atoms with Gasteiger partial charge in [0.15, 0.2) is 5.96 Å². The van der Waals surface area contributed by atoms with Crippen molar-refractivity contribution in [1.82, 2.24) is 15.6 Å². The molecule has 33 heavy (non-hydrogen) atoms. The smallest absolute Gasteiger partial charge is 0.191 e. The first-order chi connectivity index (χ1) is 15.6. The van der Waals surface area contributed by atoms with Crippen LogP contribution < -0.4 is 20.3 Å². The monoisotopic (exact) mass is 567 g/mol. The summed E-state index contributed by atoms with van der Waals surface area (Å²) in [6, 6.07) is 10.4.